The van der Waals surface area contributed by atoms with E-state index in [9.17, 15) is 13.2 Å². The Hall–Kier alpha value is -1.05. The molecule has 5 nitrogen and oxygen atoms in total. The van der Waals surface area contributed by atoms with Gasteiger partial charge in [0.2, 0.25) is 15.9 Å². The third-order valence-corrected chi connectivity index (χ3v) is 7.28. The molecule has 1 aromatic rings. The second-order valence-electron chi connectivity index (χ2n) is 6.40. The Kier molecular flexibility index (Phi) is 4.71. The molecule has 3 atom stereocenters. The maximum absolute atomic E-state index is 12.6. The Morgan fingerprint density at radius 3 is 2.70 bits per heavy atom. The zero-order chi connectivity index (χ0) is 16.6. The summed E-state index contributed by atoms with van der Waals surface area (Å²) in [4.78, 5) is 12.9. The summed E-state index contributed by atoms with van der Waals surface area (Å²) in [6, 6.07) is 4.94. The van der Waals surface area contributed by atoms with Gasteiger partial charge in [0, 0.05) is 10.9 Å². The summed E-state index contributed by atoms with van der Waals surface area (Å²) in [5.74, 6) is 0.262. The Morgan fingerprint density at radius 2 is 1.96 bits per heavy atom. The summed E-state index contributed by atoms with van der Waals surface area (Å²) in [5, 5.41) is 2.62. The molecule has 2 aliphatic rings. The SMILES string of the molecule is C[C@@H]1Sc2ccc(S(=O)(=O)N[C@@H]3CCCC[C@@H]3C)cc2NC1=O. The molecule has 1 fully saturated rings. The first-order valence-electron chi connectivity index (χ1n) is 8.01. The van der Waals surface area contributed by atoms with Crippen molar-refractivity contribution in [2.24, 2.45) is 5.92 Å². The first kappa shape index (κ1) is 16.8. The van der Waals surface area contributed by atoms with Gasteiger partial charge >= 0.3 is 0 Å². The molecule has 1 heterocycles. The summed E-state index contributed by atoms with van der Waals surface area (Å²) >= 11 is 1.45. The molecule has 1 saturated carbocycles. The molecule has 0 radical (unpaired) electrons. The number of carbonyl (C=O) groups excluding carboxylic acids is 1. The van der Waals surface area contributed by atoms with Gasteiger partial charge in [0.15, 0.2) is 0 Å². The van der Waals surface area contributed by atoms with Crippen molar-refractivity contribution >= 4 is 33.4 Å². The normalized spacial score (nSPS) is 28.1. The molecule has 7 heteroatoms. The van der Waals surface area contributed by atoms with Crippen LogP contribution in [0.1, 0.15) is 39.5 Å². The van der Waals surface area contributed by atoms with Crippen LogP contribution in [0.15, 0.2) is 28.0 Å². The number of fused-ring (bicyclic) bond motifs is 1. The van der Waals surface area contributed by atoms with Gasteiger partial charge in [-0.15, -0.1) is 11.8 Å². The van der Waals surface area contributed by atoms with Crippen LogP contribution in [0.3, 0.4) is 0 Å². The topological polar surface area (TPSA) is 75.3 Å². The van der Waals surface area contributed by atoms with Crippen molar-refractivity contribution in [1.29, 1.82) is 0 Å². The Morgan fingerprint density at radius 1 is 1.22 bits per heavy atom. The molecule has 3 rings (SSSR count). The molecule has 1 aliphatic carbocycles. The highest BCUT2D eigenvalue weighted by Gasteiger charge is 2.29. The number of hydrogen-bond acceptors (Lipinski definition) is 4. The third kappa shape index (κ3) is 3.56. The van der Waals surface area contributed by atoms with E-state index in [1.807, 2.05) is 6.92 Å². The molecule has 2 N–H and O–H groups in total. The lowest BCUT2D eigenvalue weighted by Crippen LogP contribution is -2.41. The Balaban J connectivity index is 1.83. The second kappa shape index (κ2) is 6.45. The summed E-state index contributed by atoms with van der Waals surface area (Å²) in [7, 11) is -3.57. The Bertz CT molecular complexity index is 718. The predicted octanol–water partition coefficient (Wildman–Crippen LogP) is 2.98. The molecule has 0 unspecified atom stereocenters. The van der Waals surface area contributed by atoms with Gasteiger partial charge in [0.05, 0.1) is 15.8 Å². The molecule has 0 saturated heterocycles. The minimum atomic E-state index is -3.57. The molecule has 0 aromatic heterocycles. The van der Waals surface area contributed by atoms with Crippen LogP contribution in [0.5, 0.6) is 0 Å². The van der Waals surface area contributed by atoms with Crippen LogP contribution in [0.25, 0.3) is 0 Å². The van der Waals surface area contributed by atoms with E-state index in [1.165, 1.54) is 18.2 Å². The van der Waals surface area contributed by atoms with Gasteiger partial charge in [0.1, 0.15) is 0 Å². The molecule has 0 bridgehead atoms. The van der Waals surface area contributed by atoms with Crippen molar-refractivity contribution in [3.05, 3.63) is 18.2 Å². The van der Waals surface area contributed by atoms with Gasteiger partial charge in [-0.2, -0.15) is 0 Å². The van der Waals surface area contributed by atoms with Gasteiger partial charge in [-0.3, -0.25) is 4.79 Å². The van der Waals surface area contributed by atoms with Crippen LogP contribution < -0.4 is 10.0 Å². The van der Waals surface area contributed by atoms with Crippen LogP contribution in [0.2, 0.25) is 0 Å². The highest BCUT2D eigenvalue weighted by Crippen LogP contribution is 2.37. The van der Waals surface area contributed by atoms with Crippen LogP contribution in [-0.4, -0.2) is 25.6 Å². The molecule has 126 valence electrons. The number of anilines is 1. The molecular formula is C16H22N2O3S2. The van der Waals surface area contributed by atoms with Crippen molar-refractivity contribution in [3.63, 3.8) is 0 Å². The Labute approximate surface area is 141 Å². The minimum Gasteiger partial charge on any atom is -0.324 e. The molecule has 1 amide bonds. The number of nitrogens with one attached hydrogen (secondary N) is 2. The van der Waals surface area contributed by atoms with Crippen LogP contribution >= 0.6 is 11.8 Å². The first-order valence-corrected chi connectivity index (χ1v) is 10.4. The van der Waals surface area contributed by atoms with E-state index >= 15 is 0 Å². The van der Waals surface area contributed by atoms with Crippen molar-refractivity contribution in [2.75, 3.05) is 5.32 Å². The van der Waals surface area contributed by atoms with Gasteiger partial charge < -0.3 is 5.32 Å². The number of rotatable bonds is 3. The summed E-state index contributed by atoms with van der Waals surface area (Å²) < 4.78 is 28.1. The van der Waals surface area contributed by atoms with Crippen LogP contribution in [0, 0.1) is 5.92 Å². The van der Waals surface area contributed by atoms with Gasteiger partial charge in [-0.1, -0.05) is 19.8 Å². The zero-order valence-electron chi connectivity index (χ0n) is 13.3. The van der Waals surface area contributed by atoms with E-state index in [0.717, 1.165) is 24.2 Å². The highest BCUT2D eigenvalue weighted by atomic mass is 32.2. The van der Waals surface area contributed by atoms with E-state index < -0.39 is 10.0 Å². The molecule has 23 heavy (non-hydrogen) atoms. The van der Waals surface area contributed by atoms with E-state index in [2.05, 4.69) is 17.0 Å². The largest absolute Gasteiger partial charge is 0.324 e. The van der Waals surface area contributed by atoms with Crippen molar-refractivity contribution < 1.29 is 13.2 Å². The van der Waals surface area contributed by atoms with Gasteiger partial charge in [0.25, 0.3) is 0 Å². The number of thioether (sulfide) groups is 1. The summed E-state index contributed by atoms with van der Waals surface area (Å²) in [6.07, 6.45) is 4.17. The van der Waals surface area contributed by atoms with Crippen LogP contribution in [0.4, 0.5) is 5.69 Å². The second-order valence-corrected chi connectivity index (χ2v) is 9.49. The monoisotopic (exact) mass is 354 g/mol. The first-order chi connectivity index (χ1) is 10.9. The molecule has 0 spiro atoms. The third-order valence-electron chi connectivity index (χ3n) is 4.61. The smallest absolute Gasteiger partial charge is 0.240 e. The minimum absolute atomic E-state index is 0.00577. The maximum Gasteiger partial charge on any atom is 0.240 e. The zero-order valence-corrected chi connectivity index (χ0v) is 15.0. The predicted molar refractivity (Wildman–Crippen MR) is 92.1 cm³/mol. The molecule has 1 aromatic carbocycles. The summed E-state index contributed by atoms with van der Waals surface area (Å²) in [6.45, 7) is 3.93. The molecule has 1 aliphatic heterocycles. The van der Waals surface area contributed by atoms with Crippen molar-refractivity contribution in [3.8, 4) is 0 Å². The number of carbonyl (C=O) groups is 1. The quantitative estimate of drug-likeness (QED) is 0.875. The average Bonchev–Trinajstić information content (AvgIpc) is 2.50. The van der Waals surface area contributed by atoms with E-state index in [1.54, 1.807) is 18.2 Å². The lowest BCUT2D eigenvalue weighted by atomic mass is 9.87. The van der Waals surface area contributed by atoms with Gasteiger partial charge in [-0.05, 0) is 43.9 Å². The maximum atomic E-state index is 12.6. The average molecular weight is 354 g/mol. The van der Waals surface area contributed by atoms with E-state index in [4.69, 9.17) is 0 Å². The number of sulfonamides is 1. The van der Waals surface area contributed by atoms with Crippen LogP contribution in [-0.2, 0) is 14.8 Å². The fraction of sp³-hybridized carbons (Fsp3) is 0.562. The summed E-state index contributed by atoms with van der Waals surface area (Å²) in [5.41, 5.74) is 0.581. The fourth-order valence-corrected chi connectivity index (χ4v) is 5.45. The van der Waals surface area contributed by atoms with Crippen molar-refractivity contribution in [1.82, 2.24) is 4.72 Å². The molecular weight excluding hydrogens is 332 g/mol. The standard InChI is InChI=1S/C16H22N2O3S2/c1-10-5-3-4-6-13(10)18-23(20,21)12-7-8-15-14(9-12)17-16(19)11(2)22-15/h7-11,13,18H,3-6H2,1-2H3,(H,17,19)/t10-,11-,13+/m0/s1. The highest BCUT2D eigenvalue weighted by molar-refractivity contribution is 8.01. The number of benzene rings is 1. The van der Waals surface area contributed by atoms with Crippen molar-refractivity contribution in [2.45, 2.75) is 60.6 Å². The lowest BCUT2D eigenvalue weighted by molar-refractivity contribution is -0.115. The lowest BCUT2D eigenvalue weighted by Gasteiger charge is -2.29. The number of hydrogen-bond donors (Lipinski definition) is 2. The fourth-order valence-electron chi connectivity index (χ4n) is 3.11. The number of amides is 1. The van der Waals surface area contributed by atoms with E-state index in [0.29, 0.717) is 11.6 Å². The van der Waals surface area contributed by atoms with E-state index in [-0.39, 0.29) is 22.1 Å². The van der Waals surface area contributed by atoms with Gasteiger partial charge in [-0.25, -0.2) is 13.1 Å².